The van der Waals surface area contributed by atoms with Crippen molar-refractivity contribution in [2.75, 3.05) is 31.1 Å². The average molecular weight is 440 g/mol. The van der Waals surface area contributed by atoms with Crippen LogP contribution in [0.1, 0.15) is 17.3 Å². The fourth-order valence-electron chi connectivity index (χ4n) is 3.74. The van der Waals surface area contributed by atoms with Crippen molar-refractivity contribution in [1.82, 2.24) is 9.29 Å². The van der Waals surface area contributed by atoms with Gasteiger partial charge >= 0.3 is 0 Å². The van der Waals surface area contributed by atoms with E-state index in [-0.39, 0.29) is 29.5 Å². The molecule has 0 unspecified atom stereocenters. The lowest BCUT2D eigenvalue weighted by molar-refractivity contribution is -0.383. The molecule has 1 aliphatic heterocycles. The quantitative estimate of drug-likeness (QED) is 0.340. The summed E-state index contributed by atoms with van der Waals surface area (Å²) in [4.78, 5) is 28.8. The molecule has 0 spiro atoms. The van der Waals surface area contributed by atoms with Crippen LogP contribution in [0, 0.1) is 10.1 Å². The molecule has 1 aliphatic rings. The lowest BCUT2D eigenvalue weighted by atomic mass is 10.1. The fraction of sp³-hybridized carbons (Fsp3) is 0.238. The third-order valence-electron chi connectivity index (χ3n) is 5.40. The van der Waals surface area contributed by atoms with Crippen LogP contribution >= 0.6 is 0 Å². The zero-order chi connectivity index (χ0) is 22.2. The minimum atomic E-state index is -3.68. The molecule has 1 fully saturated rings. The predicted octanol–water partition coefficient (Wildman–Crippen LogP) is 2.86. The number of carbonyl (C=O) groups is 1. The highest BCUT2D eigenvalue weighted by atomic mass is 32.2. The number of fused-ring (bicyclic) bond motifs is 1. The van der Waals surface area contributed by atoms with Crippen LogP contribution in [0.25, 0.3) is 10.9 Å². The van der Waals surface area contributed by atoms with Crippen LogP contribution < -0.4 is 4.90 Å². The van der Waals surface area contributed by atoms with Crippen LogP contribution in [0.3, 0.4) is 0 Å². The maximum absolute atomic E-state index is 13.0. The maximum Gasteiger partial charge on any atom is 0.278 e. The molecule has 0 atom stereocenters. The number of non-ortho nitro benzene ring substituents is 1. The first-order valence-electron chi connectivity index (χ1n) is 9.67. The summed E-state index contributed by atoms with van der Waals surface area (Å²) in [6.45, 7) is 2.81. The largest absolute Gasteiger partial charge is 0.367 e. The molecule has 0 radical (unpaired) electrons. The zero-order valence-electron chi connectivity index (χ0n) is 16.8. The van der Waals surface area contributed by atoms with E-state index in [1.807, 2.05) is 4.90 Å². The van der Waals surface area contributed by atoms with Crippen LogP contribution in [-0.4, -0.2) is 54.6 Å². The Morgan fingerprint density at radius 1 is 1.03 bits per heavy atom. The molecule has 1 aromatic heterocycles. The van der Waals surface area contributed by atoms with Crippen LogP contribution in [0.2, 0.25) is 0 Å². The summed E-state index contributed by atoms with van der Waals surface area (Å²) < 4.78 is 27.4. The van der Waals surface area contributed by atoms with Gasteiger partial charge in [0.2, 0.25) is 10.0 Å². The van der Waals surface area contributed by atoms with Crippen molar-refractivity contribution in [3.8, 4) is 0 Å². The normalized spacial score (nSPS) is 15.2. The maximum atomic E-state index is 13.0. The second-order valence-corrected chi connectivity index (χ2v) is 9.17. The Morgan fingerprint density at radius 3 is 2.32 bits per heavy atom. The SMILES string of the molecule is CC(=O)c1ccc(S(=O)(=O)N2CCN(c3ccc([N+](=O)[O-])c4cccnc34)CC2)cc1. The number of carbonyl (C=O) groups excluding carboxylic acids is 1. The van der Waals surface area contributed by atoms with Crippen molar-refractivity contribution in [2.24, 2.45) is 0 Å². The van der Waals surface area contributed by atoms with Gasteiger partial charge in [-0.1, -0.05) is 12.1 Å². The van der Waals surface area contributed by atoms with Crippen molar-refractivity contribution >= 4 is 38.1 Å². The van der Waals surface area contributed by atoms with Gasteiger partial charge in [0.15, 0.2) is 5.78 Å². The number of nitro benzene ring substituents is 1. The van der Waals surface area contributed by atoms with Gasteiger partial charge in [-0.15, -0.1) is 0 Å². The molecule has 10 heteroatoms. The first-order valence-corrected chi connectivity index (χ1v) is 11.1. The summed E-state index contributed by atoms with van der Waals surface area (Å²) in [5, 5.41) is 11.8. The number of ketones is 1. The van der Waals surface area contributed by atoms with E-state index in [9.17, 15) is 23.3 Å². The van der Waals surface area contributed by atoms with Crippen molar-refractivity contribution in [1.29, 1.82) is 0 Å². The van der Waals surface area contributed by atoms with E-state index in [0.717, 1.165) is 5.69 Å². The van der Waals surface area contributed by atoms with Crippen molar-refractivity contribution in [3.05, 3.63) is 70.4 Å². The van der Waals surface area contributed by atoms with Gasteiger partial charge in [-0.25, -0.2) is 8.42 Å². The fourth-order valence-corrected chi connectivity index (χ4v) is 5.16. The summed E-state index contributed by atoms with van der Waals surface area (Å²) in [5.41, 5.74) is 1.71. The molecule has 0 N–H and O–H groups in total. The number of anilines is 1. The second kappa shape index (κ2) is 8.05. The topological polar surface area (TPSA) is 114 Å². The van der Waals surface area contributed by atoms with Crippen molar-refractivity contribution in [2.45, 2.75) is 11.8 Å². The highest BCUT2D eigenvalue weighted by Crippen LogP contribution is 2.33. The number of hydrogen-bond donors (Lipinski definition) is 0. The Labute approximate surface area is 179 Å². The summed E-state index contributed by atoms with van der Waals surface area (Å²) in [7, 11) is -3.68. The molecule has 160 valence electrons. The van der Waals surface area contributed by atoms with E-state index in [1.165, 1.54) is 41.6 Å². The van der Waals surface area contributed by atoms with Crippen molar-refractivity contribution in [3.63, 3.8) is 0 Å². The first kappa shape index (κ1) is 20.9. The summed E-state index contributed by atoms with van der Waals surface area (Å²) in [5.74, 6) is -0.124. The third kappa shape index (κ3) is 3.87. The molecule has 4 rings (SSSR count). The Bertz CT molecular complexity index is 1270. The van der Waals surface area contributed by atoms with Crippen LogP contribution in [0.5, 0.6) is 0 Å². The average Bonchev–Trinajstić information content (AvgIpc) is 2.78. The minimum Gasteiger partial charge on any atom is -0.367 e. The third-order valence-corrected chi connectivity index (χ3v) is 7.31. The number of aromatic nitrogens is 1. The first-order chi connectivity index (χ1) is 14.8. The van der Waals surface area contributed by atoms with Gasteiger partial charge in [0.25, 0.3) is 5.69 Å². The van der Waals surface area contributed by atoms with Gasteiger partial charge in [-0.3, -0.25) is 19.9 Å². The van der Waals surface area contributed by atoms with E-state index in [2.05, 4.69) is 4.98 Å². The van der Waals surface area contributed by atoms with Gasteiger partial charge in [-0.2, -0.15) is 4.31 Å². The summed E-state index contributed by atoms with van der Waals surface area (Å²) >= 11 is 0. The number of nitrogens with zero attached hydrogens (tertiary/aromatic N) is 4. The van der Waals surface area contributed by atoms with Gasteiger partial charge < -0.3 is 4.90 Å². The molecule has 0 bridgehead atoms. The number of hydrogen-bond acceptors (Lipinski definition) is 7. The van der Waals surface area contributed by atoms with Crippen molar-refractivity contribution < 1.29 is 18.1 Å². The van der Waals surface area contributed by atoms with E-state index in [1.54, 1.807) is 24.4 Å². The van der Waals surface area contributed by atoms with E-state index in [4.69, 9.17) is 0 Å². The molecular weight excluding hydrogens is 420 g/mol. The zero-order valence-corrected chi connectivity index (χ0v) is 17.6. The number of Topliss-reactive ketones (excluding diaryl/α,β-unsaturated/α-hetero) is 1. The molecule has 0 saturated carbocycles. The summed E-state index contributed by atoms with van der Waals surface area (Å²) in [6.07, 6.45) is 1.58. The van der Waals surface area contributed by atoms with Crippen LogP contribution in [-0.2, 0) is 10.0 Å². The number of sulfonamides is 1. The molecule has 2 aromatic carbocycles. The van der Waals surface area contributed by atoms with Gasteiger partial charge in [-0.05, 0) is 37.3 Å². The lowest BCUT2D eigenvalue weighted by Crippen LogP contribution is -2.48. The number of nitro groups is 1. The summed E-state index contributed by atoms with van der Waals surface area (Å²) in [6, 6.07) is 12.4. The molecule has 31 heavy (non-hydrogen) atoms. The Morgan fingerprint density at radius 2 is 1.71 bits per heavy atom. The Hall–Kier alpha value is -3.37. The molecule has 0 amide bonds. The molecule has 3 aromatic rings. The molecule has 2 heterocycles. The van der Waals surface area contributed by atoms with Crippen LogP contribution in [0.4, 0.5) is 11.4 Å². The predicted molar refractivity (Wildman–Crippen MR) is 116 cm³/mol. The lowest BCUT2D eigenvalue weighted by Gasteiger charge is -2.35. The molecular formula is C21H20N4O5S. The number of benzene rings is 2. The number of rotatable bonds is 5. The van der Waals surface area contributed by atoms with E-state index in [0.29, 0.717) is 29.6 Å². The Balaban J connectivity index is 1.56. The van der Waals surface area contributed by atoms with Crippen LogP contribution in [0.15, 0.2) is 59.6 Å². The Kier molecular flexibility index (Phi) is 5.42. The number of piperazine rings is 1. The standard InChI is InChI=1S/C21H20N4O5S/c1-15(26)16-4-6-17(7-5-16)31(29,30)24-13-11-23(12-14-24)20-9-8-19(25(27)28)18-3-2-10-22-21(18)20/h2-10H,11-14H2,1H3. The molecule has 0 aliphatic carbocycles. The second-order valence-electron chi connectivity index (χ2n) is 7.23. The smallest absolute Gasteiger partial charge is 0.278 e. The van der Waals surface area contributed by atoms with E-state index < -0.39 is 14.9 Å². The van der Waals surface area contributed by atoms with E-state index >= 15 is 0 Å². The highest BCUT2D eigenvalue weighted by molar-refractivity contribution is 7.89. The monoisotopic (exact) mass is 440 g/mol. The highest BCUT2D eigenvalue weighted by Gasteiger charge is 2.30. The molecule has 9 nitrogen and oxygen atoms in total. The van der Waals surface area contributed by atoms with Gasteiger partial charge in [0.05, 0.1) is 20.9 Å². The van der Waals surface area contributed by atoms with Gasteiger partial charge in [0, 0.05) is 44.0 Å². The minimum absolute atomic E-state index is 0.0120. The molecule has 1 saturated heterocycles. The van der Waals surface area contributed by atoms with Gasteiger partial charge in [0.1, 0.15) is 5.52 Å². The number of pyridine rings is 1.